The molecular formula is C14H20N2O4S2. The summed E-state index contributed by atoms with van der Waals surface area (Å²) in [5, 5.41) is 0.703. The standard InChI is InChI=1S/C14H20N2O4S2/c1-9-12(14(17)20-2)15-13(21-9)11-4-3-7-16(11)22(18,19)8-10-5-6-10/h10-11H,3-8H2,1-2H3/t11-/m1/s1. The Morgan fingerprint density at radius 2 is 2.14 bits per heavy atom. The fourth-order valence-electron chi connectivity index (χ4n) is 2.84. The van der Waals surface area contributed by atoms with Gasteiger partial charge in [0.1, 0.15) is 5.01 Å². The van der Waals surface area contributed by atoms with Gasteiger partial charge < -0.3 is 4.74 Å². The minimum absolute atomic E-state index is 0.231. The zero-order chi connectivity index (χ0) is 15.9. The molecular weight excluding hydrogens is 324 g/mol. The van der Waals surface area contributed by atoms with Crippen molar-refractivity contribution in [3.05, 3.63) is 15.6 Å². The van der Waals surface area contributed by atoms with Gasteiger partial charge in [0, 0.05) is 11.4 Å². The number of aromatic nitrogens is 1. The third kappa shape index (κ3) is 3.04. The molecule has 0 aromatic carbocycles. The monoisotopic (exact) mass is 344 g/mol. The van der Waals surface area contributed by atoms with Crippen molar-refractivity contribution in [2.75, 3.05) is 19.4 Å². The Kier molecular flexibility index (Phi) is 4.26. The maximum atomic E-state index is 12.6. The summed E-state index contributed by atoms with van der Waals surface area (Å²) in [7, 11) is -1.92. The Bertz CT molecular complexity index is 679. The van der Waals surface area contributed by atoms with Gasteiger partial charge in [-0.25, -0.2) is 18.2 Å². The topological polar surface area (TPSA) is 76.6 Å². The molecule has 0 bridgehead atoms. The molecule has 0 amide bonds. The molecule has 1 aliphatic carbocycles. The van der Waals surface area contributed by atoms with E-state index < -0.39 is 16.0 Å². The van der Waals surface area contributed by atoms with Crippen LogP contribution in [0.5, 0.6) is 0 Å². The van der Waals surface area contributed by atoms with Crippen molar-refractivity contribution in [2.24, 2.45) is 5.92 Å². The smallest absolute Gasteiger partial charge is 0.357 e. The molecule has 122 valence electrons. The number of ether oxygens (including phenoxy) is 1. The van der Waals surface area contributed by atoms with E-state index in [-0.39, 0.29) is 11.8 Å². The highest BCUT2D eigenvalue weighted by atomic mass is 32.2. The molecule has 3 rings (SSSR count). The van der Waals surface area contributed by atoms with Crippen molar-refractivity contribution >= 4 is 27.3 Å². The van der Waals surface area contributed by atoms with E-state index in [1.165, 1.54) is 18.4 Å². The van der Waals surface area contributed by atoms with E-state index in [9.17, 15) is 13.2 Å². The number of hydrogen-bond donors (Lipinski definition) is 0. The summed E-state index contributed by atoms with van der Waals surface area (Å²) < 4.78 is 31.4. The number of nitrogens with zero attached hydrogens (tertiary/aromatic N) is 2. The van der Waals surface area contributed by atoms with Crippen molar-refractivity contribution in [3.8, 4) is 0 Å². The van der Waals surface area contributed by atoms with Gasteiger partial charge in [0.2, 0.25) is 10.0 Å². The van der Waals surface area contributed by atoms with E-state index in [0.717, 1.165) is 30.6 Å². The largest absolute Gasteiger partial charge is 0.464 e. The van der Waals surface area contributed by atoms with E-state index >= 15 is 0 Å². The Labute approximate surface area is 134 Å². The SMILES string of the molecule is COC(=O)c1nc([C@H]2CCCN2S(=O)(=O)CC2CC2)sc1C. The maximum absolute atomic E-state index is 12.6. The van der Waals surface area contributed by atoms with Gasteiger partial charge in [0.15, 0.2) is 5.69 Å². The van der Waals surface area contributed by atoms with E-state index in [4.69, 9.17) is 4.74 Å². The van der Waals surface area contributed by atoms with Crippen LogP contribution >= 0.6 is 11.3 Å². The number of rotatable bonds is 5. The lowest BCUT2D eigenvalue weighted by molar-refractivity contribution is 0.0594. The van der Waals surface area contributed by atoms with Gasteiger partial charge >= 0.3 is 5.97 Å². The van der Waals surface area contributed by atoms with E-state index in [1.54, 1.807) is 4.31 Å². The third-order valence-corrected chi connectivity index (χ3v) is 7.30. The summed E-state index contributed by atoms with van der Waals surface area (Å²) in [4.78, 5) is 16.8. The summed E-state index contributed by atoms with van der Waals surface area (Å²) in [6.45, 7) is 2.36. The maximum Gasteiger partial charge on any atom is 0.357 e. The Balaban J connectivity index is 1.85. The molecule has 2 fully saturated rings. The van der Waals surface area contributed by atoms with Gasteiger partial charge in [0.25, 0.3) is 0 Å². The molecule has 1 saturated carbocycles. The Morgan fingerprint density at radius 1 is 1.41 bits per heavy atom. The minimum atomic E-state index is -3.24. The predicted molar refractivity (Wildman–Crippen MR) is 83.4 cm³/mol. The molecule has 2 heterocycles. The zero-order valence-electron chi connectivity index (χ0n) is 12.7. The van der Waals surface area contributed by atoms with Crippen LogP contribution in [0.1, 0.15) is 52.1 Å². The summed E-state index contributed by atoms with van der Waals surface area (Å²) >= 11 is 1.39. The number of aryl methyl sites for hydroxylation is 1. The normalized spacial score (nSPS) is 22.9. The number of thiazole rings is 1. The van der Waals surface area contributed by atoms with Crippen LogP contribution in [0.25, 0.3) is 0 Å². The van der Waals surface area contributed by atoms with Crippen molar-refractivity contribution in [3.63, 3.8) is 0 Å². The second-order valence-corrected chi connectivity index (χ2v) is 9.14. The number of carbonyl (C=O) groups is 1. The highest BCUT2D eigenvalue weighted by Crippen LogP contribution is 2.39. The fourth-order valence-corrected chi connectivity index (χ4v) is 6.09. The molecule has 0 radical (unpaired) electrons. The first kappa shape index (κ1) is 15.9. The molecule has 1 saturated heterocycles. The van der Waals surface area contributed by atoms with Gasteiger partial charge in [-0.2, -0.15) is 4.31 Å². The first-order valence-corrected chi connectivity index (χ1v) is 9.90. The average molecular weight is 344 g/mol. The first-order chi connectivity index (χ1) is 10.4. The van der Waals surface area contributed by atoms with Crippen LogP contribution in [0.15, 0.2) is 0 Å². The fraction of sp³-hybridized carbons (Fsp3) is 0.714. The van der Waals surface area contributed by atoms with E-state index in [2.05, 4.69) is 4.98 Å². The van der Waals surface area contributed by atoms with Crippen LogP contribution in [0.4, 0.5) is 0 Å². The third-order valence-electron chi connectivity index (χ3n) is 4.18. The lowest BCUT2D eigenvalue weighted by Gasteiger charge is -2.22. The van der Waals surface area contributed by atoms with Gasteiger partial charge in [0.05, 0.1) is 18.9 Å². The van der Waals surface area contributed by atoms with Crippen LogP contribution in [-0.4, -0.2) is 43.1 Å². The number of hydrogen-bond acceptors (Lipinski definition) is 6. The van der Waals surface area contributed by atoms with E-state index in [0.29, 0.717) is 23.2 Å². The molecule has 22 heavy (non-hydrogen) atoms. The molecule has 1 atom stereocenters. The molecule has 1 aromatic heterocycles. The van der Waals surface area contributed by atoms with Crippen molar-refractivity contribution in [1.29, 1.82) is 0 Å². The number of methoxy groups -OCH3 is 1. The van der Waals surface area contributed by atoms with Crippen molar-refractivity contribution in [1.82, 2.24) is 9.29 Å². The van der Waals surface area contributed by atoms with Crippen LogP contribution in [0.2, 0.25) is 0 Å². The van der Waals surface area contributed by atoms with Gasteiger partial charge in [-0.1, -0.05) is 0 Å². The molecule has 8 heteroatoms. The molecule has 6 nitrogen and oxygen atoms in total. The second kappa shape index (κ2) is 5.90. The molecule has 0 spiro atoms. The summed E-state index contributed by atoms with van der Waals surface area (Å²) in [5.74, 6) is 0.109. The highest BCUT2D eigenvalue weighted by Gasteiger charge is 2.40. The van der Waals surface area contributed by atoms with Gasteiger partial charge in [-0.15, -0.1) is 11.3 Å². The first-order valence-electron chi connectivity index (χ1n) is 7.47. The van der Waals surface area contributed by atoms with Crippen LogP contribution in [-0.2, 0) is 14.8 Å². The second-order valence-electron chi connectivity index (χ2n) is 5.94. The van der Waals surface area contributed by atoms with Gasteiger partial charge in [-0.05, 0) is 38.5 Å². The van der Waals surface area contributed by atoms with E-state index in [1.807, 2.05) is 6.92 Å². The summed E-state index contributed by atoms with van der Waals surface area (Å²) in [5.41, 5.74) is 0.300. The predicted octanol–water partition coefficient (Wildman–Crippen LogP) is 2.11. The van der Waals surface area contributed by atoms with Crippen molar-refractivity contribution < 1.29 is 17.9 Å². The minimum Gasteiger partial charge on any atom is -0.464 e. The zero-order valence-corrected chi connectivity index (χ0v) is 14.4. The molecule has 0 unspecified atom stereocenters. The highest BCUT2D eigenvalue weighted by molar-refractivity contribution is 7.89. The molecule has 1 aromatic rings. The summed E-state index contributed by atoms with van der Waals surface area (Å²) in [6.07, 6.45) is 3.62. The Hall–Kier alpha value is -0.990. The molecule has 1 aliphatic heterocycles. The van der Waals surface area contributed by atoms with Gasteiger partial charge in [-0.3, -0.25) is 0 Å². The Morgan fingerprint density at radius 3 is 2.77 bits per heavy atom. The van der Waals surface area contributed by atoms with Crippen LogP contribution < -0.4 is 0 Å². The van der Waals surface area contributed by atoms with Crippen molar-refractivity contribution in [2.45, 2.75) is 38.6 Å². The number of esters is 1. The lowest BCUT2D eigenvalue weighted by Crippen LogP contribution is -2.33. The number of sulfonamides is 1. The molecule has 0 N–H and O–H groups in total. The summed E-state index contributed by atoms with van der Waals surface area (Å²) in [6, 6.07) is -0.231. The van der Waals surface area contributed by atoms with Crippen LogP contribution in [0.3, 0.4) is 0 Å². The number of carbonyl (C=O) groups excluding carboxylic acids is 1. The molecule has 2 aliphatic rings. The average Bonchev–Trinajstić information content (AvgIpc) is 3.00. The van der Waals surface area contributed by atoms with Crippen LogP contribution in [0, 0.1) is 12.8 Å². The lowest BCUT2D eigenvalue weighted by atomic mass is 10.2. The quantitative estimate of drug-likeness (QED) is 0.765.